The molecule has 0 aromatic rings. The van der Waals surface area contributed by atoms with E-state index in [-0.39, 0.29) is 31.1 Å². The Morgan fingerprint density at radius 1 is 0.318 bits per heavy atom. The van der Waals surface area contributed by atoms with Crippen molar-refractivity contribution >= 4 is 17.9 Å². The van der Waals surface area contributed by atoms with E-state index in [0.29, 0.717) is 19.3 Å². The first-order valence-electron chi connectivity index (χ1n) is 26.9. The van der Waals surface area contributed by atoms with Gasteiger partial charge in [-0.25, -0.2) is 0 Å². The summed E-state index contributed by atoms with van der Waals surface area (Å²) in [7, 11) is 0. The standard InChI is InChI=1S/C60H98O6/c1-4-7-10-13-16-19-21-23-25-27-28-29-30-31-32-34-35-37-39-41-44-47-50-53-59(62)65-56-57(55-64-58(61)52-49-46-43-18-15-12-9-6-3)66-60(63)54-51-48-45-42-40-38-36-33-26-24-22-20-17-14-11-8-5-2/h7-8,10-11,16-17,19-20,23-26,28-29,31-32,36,38,57H,4-6,9,12-15,18,21-22,27,30,33-35,37,39-56H2,1-3H3/b10-7-,11-8-,19-16-,20-17-,25-23-,26-24-,29-28-,32-31-,38-36-. The molecule has 0 aliphatic rings. The second kappa shape index (κ2) is 53.7. The van der Waals surface area contributed by atoms with Gasteiger partial charge in [0.25, 0.3) is 0 Å². The zero-order valence-electron chi connectivity index (χ0n) is 42.7. The van der Waals surface area contributed by atoms with Crippen molar-refractivity contribution in [3.63, 3.8) is 0 Å². The molecule has 66 heavy (non-hydrogen) atoms. The fraction of sp³-hybridized carbons (Fsp3) is 0.650. The van der Waals surface area contributed by atoms with Gasteiger partial charge in [0, 0.05) is 19.3 Å². The Hall–Kier alpha value is -3.93. The van der Waals surface area contributed by atoms with Crippen molar-refractivity contribution in [2.45, 2.75) is 239 Å². The van der Waals surface area contributed by atoms with E-state index < -0.39 is 6.10 Å². The highest BCUT2D eigenvalue weighted by atomic mass is 16.6. The molecular weight excluding hydrogens is 817 g/mol. The zero-order valence-corrected chi connectivity index (χ0v) is 42.7. The Morgan fingerprint density at radius 3 is 0.924 bits per heavy atom. The van der Waals surface area contributed by atoms with Crippen LogP contribution in [0.4, 0.5) is 0 Å². The maximum atomic E-state index is 12.8. The van der Waals surface area contributed by atoms with Crippen molar-refractivity contribution in [1.29, 1.82) is 0 Å². The van der Waals surface area contributed by atoms with Gasteiger partial charge in [0.15, 0.2) is 6.10 Å². The van der Waals surface area contributed by atoms with E-state index in [9.17, 15) is 14.4 Å². The Morgan fingerprint density at radius 2 is 0.591 bits per heavy atom. The summed E-state index contributed by atoms with van der Waals surface area (Å²) < 4.78 is 16.7. The van der Waals surface area contributed by atoms with Crippen molar-refractivity contribution in [1.82, 2.24) is 0 Å². The molecule has 0 aliphatic heterocycles. The van der Waals surface area contributed by atoms with Crippen molar-refractivity contribution in [2.24, 2.45) is 0 Å². The highest BCUT2D eigenvalue weighted by molar-refractivity contribution is 5.71. The van der Waals surface area contributed by atoms with Crippen LogP contribution < -0.4 is 0 Å². The summed E-state index contributed by atoms with van der Waals surface area (Å²) in [5.74, 6) is -0.936. The minimum Gasteiger partial charge on any atom is -0.462 e. The maximum Gasteiger partial charge on any atom is 0.306 e. The normalized spacial score (nSPS) is 13.0. The van der Waals surface area contributed by atoms with Crippen LogP contribution in [-0.4, -0.2) is 37.2 Å². The van der Waals surface area contributed by atoms with E-state index in [0.717, 1.165) is 135 Å². The molecule has 0 saturated carbocycles. The molecule has 0 radical (unpaired) electrons. The Labute approximate surface area is 406 Å². The van der Waals surface area contributed by atoms with Gasteiger partial charge in [0.1, 0.15) is 13.2 Å². The molecule has 0 saturated heterocycles. The summed E-state index contributed by atoms with van der Waals surface area (Å²) in [6.07, 6.45) is 72.3. The van der Waals surface area contributed by atoms with Crippen LogP contribution in [0.2, 0.25) is 0 Å². The predicted octanol–water partition coefficient (Wildman–Crippen LogP) is 17.9. The van der Waals surface area contributed by atoms with E-state index in [4.69, 9.17) is 14.2 Å². The van der Waals surface area contributed by atoms with Crippen molar-refractivity contribution in [3.8, 4) is 0 Å². The highest BCUT2D eigenvalue weighted by Gasteiger charge is 2.19. The monoisotopic (exact) mass is 915 g/mol. The van der Waals surface area contributed by atoms with Gasteiger partial charge >= 0.3 is 17.9 Å². The lowest BCUT2D eigenvalue weighted by atomic mass is 10.1. The molecule has 0 aromatic heterocycles. The number of rotatable bonds is 47. The number of hydrogen-bond donors (Lipinski definition) is 0. The smallest absolute Gasteiger partial charge is 0.306 e. The van der Waals surface area contributed by atoms with Crippen LogP contribution in [-0.2, 0) is 28.6 Å². The number of esters is 3. The lowest BCUT2D eigenvalue weighted by Gasteiger charge is -2.18. The molecule has 0 heterocycles. The van der Waals surface area contributed by atoms with Crippen LogP contribution in [0.15, 0.2) is 109 Å². The molecule has 0 N–H and O–H groups in total. The van der Waals surface area contributed by atoms with Crippen LogP contribution in [0.25, 0.3) is 0 Å². The van der Waals surface area contributed by atoms with Crippen LogP contribution in [0, 0.1) is 0 Å². The molecule has 0 fully saturated rings. The molecule has 6 nitrogen and oxygen atoms in total. The minimum absolute atomic E-state index is 0.0924. The van der Waals surface area contributed by atoms with Gasteiger partial charge in [-0.3, -0.25) is 14.4 Å². The van der Waals surface area contributed by atoms with Gasteiger partial charge < -0.3 is 14.2 Å². The van der Waals surface area contributed by atoms with E-state index in [1.54, 1.807) is 0 Å². The highest BCUT2D eigenvalue weighted by Crippen LogP contribution is 2.14. The number of carbonyl (C=O) groups is 3. The lowest BCUT2D eigenvalue weighted by Crippen LogP contribution is -2.30. The third kappa shape index (κ3) is 51.1. The number of hydrogen-bond acceptors (Lipinski definition) is 6. The van der Waals surface area contributed by atoms with Gasteiger partial charge in [-0.05, 0) is 103 Å². The van der Waals surface area contributed by atoms with Crippen molar-refractivity contribution in [2.75, 3.05) is 13.2 Å². The van der Waals surface area contributed by atoms with Gasteiger partial charge in [-0.1, -0.05) is 220 Å². The summed E-state index contributed by atoms with van der Waals surface area (Å²) in [4.78, 5) is 37.9. The van der Waals surface area contributed by atoms with E-state index in [2.05, 4.69) is 130 Å². The number of unbranched alkanes of at least 4 members (excludes halogenated alkanes) is 18. The Balaban J connectivity index is 4.33. The summed E-state index contributed by atoms with van der Waals surface area (Å²) in [6.45, 7) is 6.34. The third-order valence-corrected chi connectivity index (χ3v) is 11.0. The molecule has 0 bridgehead atoms. The molecule has 1 unspecified atom stereocenters. The largest absolute Gasteiger partial charge is 0.462 e. The average Bonchev–Trinajstić information content (AvgIpc) is 3.31. The molecule has 0 spiro atoms. The third-order valence-electron chi connectivity index (χ3n) is 11.0. The number of allylic oxidation sites excluding steroid dienone is 18. The van der Waals surface area contributed by atoms with E-state index in [1.807, 2.05) is 0 Å². The maximum absolute atomic E-state index is 12.8. The van der Waals surface area contributed by atoms with Crippen LogP contribution >= 0.6 is 0 Å². The summed E-state index contributed by atoms with van der Waals surface area (Å²) in [6, 6.07) is 0. The van der Waals surface area contributed by atoms with Gasteiger partial charge in [-0.15, -0.1) is 0 Å². The first kappa shape index (κ1) is 62.1. The van der Waals surface area contributed by atoms with Crippen molar-refractivity contribution < 1.29 is 28.6 Å². The summed E-state index contributed by atoms with van der Waals surface area (Å²) in [5, 5.41) is 0. The minimum atomic E-state index is -0.795. The molecule has 0 aromatic carbocycles. The second-order valence-corrected chi connectivity index (χ2v) is 17.4. The van der Waals surface area contributed by atoms with Gasteiger partial charge in [-0.2, -0.15) is 0 Å². The first-order valence-corrected chi connectivity index (χ1v) is 26.9. The molecular formula is C60H98O6. The molecule has 0 aliphatic carbocycles. The number of carbonyl (C=O) groups excluding carboxylic acids is 3. The van der Waals surface area contributed by atoms with Gasteiger partial charge in [0.2, 0.25) is 0 Å². The van der Waals surface area contributed by atoms with Crippen LogP contribution in [0.3, 0.4) is 0 Å². The molecule has 0 amide bonds. The molecule has 1 atom stereocenters. The second-order valence-electron chi connectivity index (χ2n) is 17.4. The lowest BCUT2D eigenvalue weighted by molar-refractivity contribution is -0.167. The Kier molecular flexibility index (Phi) is 50.5. The fourth-order valence-electron chi connectivity index (χ4n) is 7.05. The quantitative estimate of drug-likeness (QED) is 0.0262. The summed E-state index contributed by atoms with van der Waals surface area (Å²) in [5.41, 5.74) is 0. The SMILES string of the molecule is CC/C=C\C/C=C\C/C=C\C/C=C\C/C=C\CCCCCCCCCC(=O)OCC(COC(=O)CCCCCCCCCC)OC(=O)CCCCCC/C=C\C/C=C\C/C=C\C/C=C\CC. The molecule has 0 rings (SSSR count). The molecule has 374 valence electrons. The van der Waals surface area contributed by atoms with Crippen molar-refractivity contribution in [3.05, 3.63) is 109 Å². The van der Waals surface area contributed by atoms with Gasteiger partial charge in [0.05, 0.1) is 0 Å². The fourth-order valence-corrected chi connectivity index (χ4v) is 7.05. The topological polar surface area (TPSA) is 78.9 Å². The zero-order chi connectivity index (χ0) is 47.9. The number of ether oxygens (including phenoxy) is 3. The van der Waals surface area contributed by atoms with Crippen LogP contribution in [0.5, 0.6) is 0 Å². The van der Waals surface area contributed by atoms with E-state index in [1.165, 1.54) is 57.8 Å². The van der Waals surface area contributed by atoms with Crippen LogP contribution in [0.1, 0.15) is 233 Å². The Bertz CT molecular complexity index is 1370. The predicted molar refractivity (Wildman–Crippen MR) is 283 cm³/mol. The van der Waals surface area contributed by atoms with E-state index >= 15 is 0 Å². The molecule has 6 heteroatoms. The average molecular weight is 915 g/mol. The summed E-state index contributed by atoms with van der Waals surface area (Å²) >= 11 is 0. The first-order chi connectivity index (χ1) is 32.5.